The number of aromatic hydroxyl groups is 1. The Bertz CT molecular complexity index is 1070. The van der Waals surface area contributed by atoms with E-state index in [4.69, 9.17) is 0 Å². The minimum Gasteiger partial charge on any atom is -0.508 e. The molecule has 1 unspecified atom stereocenters. The van der Waals surface area contributed by atoms with Crippen molar-refractivity contribution in [3.8, 4) is 5.75 Å². The van der Waals surface area contributed by atoms with Gasteiger partial charge < -0.3 is 24.8 Å². The van der Waals surface area contributed by atoms with Gasteiger partial charge in [0.25, 0.3) is 0 Å². The van der Waals surface area contributed by atoms with Gasteiger partial charge in [0.1, 0.15) is 5.75 Å². The molecule has 1 amide bonds. The number of nitrogens with zero attached hydrogens (tertiary/aromatic N) is 3. The third-order valence-electron chi connectivity index (χ3n) is 7.23. The lowest BCUT2D eigenvalue weighted by Gasteiger charge is -2.35. The van der Waals surface area contributed by atoms with Crippen molar-refractivity contribution in [3.05, 3.63) is 60.3 Å². The summed E-state index contributed by atoms with van der Waals surface area (Å²) < 4.78 is 0. The second-order valence-corrected chi connectivity index (χ2v) is 9.82. The monoisotopic (exact) mass is 476 g/mol. The minimum atomic E-state index is 0.216. The molecular formula is C29H40N4O2. The Morgan fingerprint density at radius 2 is 1.77 bits per heavy atom. The number of H-pyrrole nitrogens is 1. The molecule has 3 aromatic rings. The number of nitrogens with one attached hydrogen (secondary N) is 1. The Hall–Kier alpha value is -2.83. The van der Waals surface area contributed by atoms with Crippen LogP contribution in [0.15, 0.2) is 54.7 Å². The molecule has 1 saturated heterocycles. The Kier molecular flexibility index (Phi) is 8.83. The number of amides is 1. The van der Waals surface area contributed by atoms with E-state index in [1.54, 1.807) is 6.07 Å². The maximum atomic E-state index is 13.2. The summed E-state index contributed by atoms with van der Waals surface area (Å²) in [6, 6.07) is 15.8. The standard InChI is InChI=1S/C29H40N4O2/c1-3-8-23(2)33(25-10-5-4-6-11-25)29(35)14-16-32-19-17-31(18-20-32)15-7-9-24-22-30-28-13-12-26(34)21-27(24)28/h4-6,10-13,21-23,30,34H,3,7-9,14-20H2,1-2H3. The summed E-state index contributed by atoms with van der Waals surface area (Å²) in [5, 5.41) is 10.9. The summed E-state index contributed by atoms with van der Waals surface area (Å²) in [4.78, 5) is 23.5. The van der Waals surface area contributed by atoms with E-state index in [9.17, 15) is 9.90 Å². The second kappa shape index (κ2) is 12.2. The Balaban J connectivity index is 1.20. The summed E-state index contributed by atoms with van der Waals surface area (Å²) in [5.74, 6) is 0.545. The number of aromatic nitrogens is 1. The fourth-order valence-corrected chi connectivity index (χ4v) is 5.26. The SMILES string of the molecule is CCCC(C)N(C(=O)CCN1CCN(CCCc2c[nH]c3ccc(O)cc23)CC1)c1ccccc1. The summed E-state index contributed by atoms with van der Waals surface area (Å²) >= 11 is 0. The number of carbonyl (C=O) groups excluding carboxylic acids is 1. The molecule has 0 aliphatic carbocycles. The third-order valence-corrected chi connectivity index (χ3v) is 7.23. The van der Waals surface area contributed by atoms with Crippen LogP contribution in [-0.2, 0) is 11.2 Å². The highest BCUT2D eigenvalue weighted by molar-refractivity contribution is 5.94. The van der Waals surface area contributed by atoms with Crippen molar-refractivity contribution in [2.24, 2.45) is 0 Å². The molecule has 35 heavy (non-hydrogen) atoms. The molecule has 2 aromatic carbocycles. The first-order chi connectivity index (χ1) is 17.0. The Morgan fingerprint density at radius 3 is 2.49 bits per heavy atom. The van der Waals surface area contributed by atoms with Crippen molar-refractivity contribution in [1.29, 1.82) is 0 Å². The van der Waals surface area contributed by atoms with Crippen molar-refractivity contribution in [2.45, 2.75) is 52.0 Å². The van der Waals surface area contributed by atoms with E-state index in [0.29, 0.717) is 12.2 Å². The highest BCUT2D eigenvalue weighted by atomic mass is 16.3. The van der Waals surface area contributed by atoms with Crippen molar-refractivity contribution in [2.75, 3.05) is 44.2 Å². The van der Waals surface area contributed by atoms with Crippen LogP contribution in [-0.4, -0.2) is 71.1 Å². The minimum absolute atomic E-state index is 0.216. The van der Waals surface area contributed by atoms with E-state index in [1.165, 1.54) is 5.56 Å². The van der Waals surface area contributed by atoms with Gasteiger partial charge in [-0.1, -0.05) is 31.5 Å². The van der Waals surface area contributed by atoms with Crippen LogP contribution in [0.4, 0.5) is 5.69 Å². The smallest absolute Gasteiger partial charge is 0.228 e. The fraction of sp³-hybridized carbons (Fsp3) is 0.483. The van der Waals surface area contributed by atoms with Crippen LogP contribution < -0.4 is 4.90 Å². The van der Waals surface area contributed by atoms with Gasteiger partial charge in [-0.05, 0) is 68.6 Å². The van der Waals surface area contributed by atoms with E-state index < -0.39 is 0 Å². The van der Waals surface area contributed by atoms with Gasteiger partial charge in [0, 0.05) is 68.0 Å². The number of phenols is 1. The van der Waals surface area contributed by atoms with Crippen LogP contribution in [0.3, 0.4) is 0 Å². The van der Waals surface area contributed by atoms with E-state index in [2.05, 4.69) is 34.8 Å². The first kappa shape index (κ1) is 25.3. The number of rotatable bonds is 11. The van der Waals surface area contributed by atoms with E-state index in [1.807, 2.05) is 47.4 Å². The summed E-state index contributed by atoms with van der Waals surface area (Å²) in [6.07, 6.45) is 6.82. The molecule has 2 N–H and O–H groups in total. The second-order valence-electron chi connectivity index (χ2n) is 9.82. The molecule has 1 aliphatic heterocycles. The number of aromatic amines is 1. The van der Waals surface area contributed by atoms with Gasteiger partial charge in [0.15, 0.2) is 0 Å². The predicted octanol–water partition coefficient (Wildman–Crippen LogP) is 5.04. The molecule has 0 saturated carbocycles. The largest absolute Gasteiger partial charge is 0.508 e. The zero-order chi connectivity index (χ0) is 24.6. The number of phenolic OH excluding ortho intramolecular Hbond substituents is 1. The maximum Gasteiger partial charge on any atom is 0.228 e. The average molecular weight is 477 g/mol. The first-order valence-corrected chi connectivity index (χ1v) is 13.2. The molecule has 0 spiro atoms. The lowest BCUT2D eigenvalue weighted by molar-refractivity contribution is -0.119. The predicted molar refractivity (Wildman–Crippen MR) is 144 cm³/mol. The summed E-state index contributed by atoms with van der Waals surface area (Å²) in [5.41, 5.74) is 3.36. The lowest BCUT2D eigenvalue weighted by atomic mass is 10.1. The molecule has 0 bridgehead atoms. The fourth-order valence-electron chi connectivity index (χ4n) is 5.26. The molecule has 1 aromatic heterocycles. The van der Waals surface area contributed by atoms with Crippen molar-refractivity contribution in [3.63, 3.8) is 0 Å². The Morgan fingerprint density at radius 1 is 1.06 bits per heavy atom. The van der Waals surface area contributed by atoms with E-state index in [-0.39, 0.29) is 11.9 Å². The molecule has 6 nitrogen and oxygen atoms in total. The zero-order valence-corrected chi connectivity index (χ0v) is 21.2. The number of para-hydroxylation sites is 1. The molecule has 2 heterocycles. The summed E-state index contributed by atoms with van der Waals surface area (Å²) in [7, 11) is 0. The van der Waals surface area contributed by atoms with Crippen LogP contribution in [0.2, 0.25) is 0 Å². The van der Waals surface area contributed by atoms with Crippen LogP contribution in [0.25, 0.3) is 10.9 Å². The number of hydrogen-bond acceptors (Lipinski definition) is 4. The molecule has 6 heteroatoms. The molecule has 188 valence electrons. The third kappa shape index (κ3) is 6.65. The summed E-state index contributed by atoms with van der Waals surface area (Å²) in [6.45, 7) is 10.4. The van der Waals surface area contributed by atoms with Crippen LogP contribution in [0.5, 0.6) is 5.75 Å². The lowest BCUT2D eigenvalue weighted by Crippen LogP contribution is -2.48. The Labute approximate surface area is 209 Å². The molecular weight excluding hydrogens is 436 g/mol. The average Bonchev–Trinajstić information content (AvgIpc) is 3.26. The number of hydrogen-bond donors (Lipinski definition) is 2. The highest BCUT2D eigenvalue weighted by Crippen LogP contribution is 2.24. The molecule has 4 rings (SSSR count). The van der Waals surface area contributed by atoms with Gasteiger partial charge in [-0.15, -0.1) is 0 Å². The molecule has 1 aliphatic rings. The number of carbonyl (C=O) groups is 1. The topological polar surface area (TPSA) is 62.8 Å². The van der Waals surface area contributed by atoms with Gasteiger partial charge in [-0.3, -0.25) is 4.79 Å². The van der Waals surface area contributed by atoms with Gasteiger partial charge in [0.05, 0.1) is 0 Å². The van der Waals surface area contributed by atoms with Gasteiger partial charge in [-0.25, -0.2) is 0 Å². The molecule has 1 fully saturated rings. The van der Waals surface area contributed by atoms with Crippen LogP contribution in [0, 0.1) is 0 Å². The molecule has 0 radical (unpaired) electrons. The zero-order valence-electron chi connectivity index (χ0n) is 21.2. The first-order valence-electron chi connectivity index (χ1n) is 13.2. The van der Waals surface area contributed by atoms with Crippen LogP contribution >= 0.6 is 0 Å². The molecule has 1 atom stereocenters. The quantitative estimate of drug-likeness (QED) is 0.407. The van der Waals surface area contributed by atoms with Gasteiger partial charge in [-0.2, -0.15) is 0 Å². The number of benzene rings is 2. The maximum absolute atomic E-state index is 13.2. The number of aryl methyl sites for hydroxylation is 1. The van der Waals surface area contributed by atoms with Crippen molar-refractivity contribution < 1.29 is 9.90 Å². The highest BCUT2D eigenvalue weighted by Gasteiger charge is 2.23. The van der Waals surface area contributed by atoms with E-state index >= 15 is 0 Å². The normalized spacial score (nSPS) is 15.9. The number of fused-ring (bicyclic) bond motifs is 1. The van der Waals surface area contributed by atoms with Gasteiger partial charge in [0.2, 0.25) is 5.91 Å². The van der Waals surface area contributed by atoms with Crippen molar-refractivity contribution in [1.82, 2.24) is 14.8 Å². The number of piperazine rings is 1. The van der Waals surface area contributed by atoms with E-state index in [0.717, 1.165) is 81.5 Å². The van der Waals surface area contributed by atoms with Gasteiger partial charge >= 0.3 is 0 Å². The number of anilines is 1. The van der Waals surface area contributed by atoms with Crippen molar-refractivity contribution >= 4 is 22.5 Å². The van der Waals surface area contributed by atoms with Crippen LogP contribution in [0.1, 0.15) is 45.1 Å².